The van der Waals surface area contributed by atoms with Crippen LogP contribution in [0.3, 0.4) is 0 Å². The maximum Gasteiger partial charge on any atom is 0.330 e. The third kappa shape index (κ3) is 2.94. The molecule has 1 aromatic rings. The molecule has 16 heavy (non-hydrogen) atoms. The van der Waals surface area contributed by atoms with Gasteiger partial charge in [0, 0.05) is 27.2 Å². The summed E-state index contributed by atoms with van der Waals surface area (Å²) in [6.45, 7) is 0.369. The Kier molecular flexibility index (Phi) is 3.81. The summed E-state index contributed by atoms with van der Waals surface area (Å²) < 4.78 is 1.01. The number of nitrogens with zero attached hydrogens (tertiary/aromatic N) is 3. The molecule has 0 aliphatic carbocycles. The van der Waals surface area contributed by atoms with Crippen LogP contribution < -0.4 is 16.4 Å². The van der Waals surface area contributed by atoms with Gasteiger partial charge in [-0.3, -0.25) is 14.2 Å². The first kappa shape index (κ1) is 12.0. The van der Waals surface area contributed by atoms with Gasteiger partial charge in [0.05, 0.1) is 0 Å². The lowest BCUT2D eigenvalue weighted by Gasteiger charge is -2.11. The molecule has 0 spiro atoms. The SMILES string of the molecule is CN(C)C(=O)NCCn1[c]n[nH]c(=O)c1=O. The smallest absolute Gasteiger partial charge is 0.330 e. The van der Waals surface area contributed by atoms with E-state index < -0.39 is 11.1 Å². The zero-order chi connectivity index (χ0) is 12.1. The Bertz CT molecular complexity index is 475. The summed E-state index contributed by atoms with van der Waals surface area (Å²) in [5, 5.41) is 7.87. The number of urea groups is 1. The Morgan fingerprint density at radius 2 is 2.25 bits per heavy atom. The Hall–Kier alpha value is -2.12. The molecular weight excluding hydrogens is 214 g/mol. The highest BCUT2D eigenvalue weighted by molar-refractivity contribution is 5.73. The third-order valence-corrected chi connectivity index (χ3v) is 1.79. The highest BCUT2D eigenvalue weighted by atomic mass is 16.2. The van der Waals surface area contributed by atoms with E-state index in [4.69, 9.17) is 0 Å². The fourth-order valence-electron chi connectivity index (χ4n) is 0.936. The van der Waals surface area contributed by atoms with E-state index in [0.29, 0.717) is 0 Å². The second kappa shape index (κ2) is 5.10. The summed E-state index contributed by atoms with van der Waals surface area (Å²) in [5.41, 5.74) is -1.55. The number of nitrogens with one attached hydrogen (secondary N) is 2. The number of carbonyl (C=O) groups excluding carboxylic acids is 1. The van der Waals surface area contributed by atoms with Crippen LogP contribution in [0.25, 0.3) is 0 Å². The van der Waals surface area contributed by atoms with Crippen molar-refractivity contribution >= 4 is 6.03 Å². The van der Waals surface area contributed by atoms with Crippen LogP contribution in [0.1, 0.15) is 0 Å². The van der Waals surface area contributed by atoms with E-state index in [9.17, 15) is 14.4 Å². The Morgan fingerprint density at radius 3 is 2.88 bits per heavy atom. The Balaban J connectivity index is 2.56. The molecule has 0 aromatic carbocycles. The standard InChI is InChI=1S/C8H12N5O3/c1-12(2)8(16)9-3-4-13-5-10-11-6(14)7(13)15/h3-4H2,1-2H3,(H,9,16)(H,11,14). The number of rotatable bonds is 3. The monoisotopic (exact) mass is 226 g/mol. The van der Waals surface area contributed by atoms with Crippen molar-refractivity contribution in [3.63, 3.8) is 0 Å². The van der Waals surface area contributed by atoms with Crippen molar-refractivity contribution in [1.82, 2.24) is 25.0 Å². The first-order chi connectivity index (χ1) is 7.52. The van der Waals surface area contributed by atoms with Gasteiger partial charge >= 0.3 is 17.1 Å². The van der Waals surface area contributed by atoms with Gasteiger partial charge in [0.2, 0.25) is 6.33 Å². The molecule has 0 fully saturated rings. The topological polar surface area (TPSA) is 100 Å². The first-order valence-electron chi connectivity index (χ1n) is 4.54. The lowest BCUT2D eigenvalue weighted by Crippen LogP contribution is -2.41. The van der Waals surface area contributed by atoms with E-state index in [1.54, 1.807) is 14.1 Å². The lowest BCUT2D eigenvalue weighted by molar-refractivity contribution is 0.217. The molecule has 0 bridgehead atoms. The van der Waals surface area contributed by atoms with Crippen LogP contribution in [0.2, 0.25) is 0 Å². The molecule has 8 nitrogen and oxygen atoms in total. The number of carbonyl (C=O) groups is 1. The summed E-state index contributed by atoms with van der Waals surface area (Å²) in [7, 11) is 3.20. The van der Waals surface area contributed by atoms with Gasteiger partial charge in [-0.25, -0.2) is 9.89 Å². The van der Waals surface area contributed by atoms with E-state index in [-0.39, 0.29) is 19.1 Å². The maximum absolute atomic E-state index is 11.2. The molecule has 1 aromatic heterocycles. The van der Waals surface area contributed by atoms with E-state index in [2.05, 4.69) is 16.7 Å². The molecule has 1 radical (unpaired) electrons. The number of aromatic nitrogens is 3. The molecule has 0 unspecified atom stereocenters. The normalized spacial score (nSPS) is 9.88. The van der Waals surface area contributed by atoms with Crippen molar-refractivity contribution < 1.29 is 4.79 Å². The minimum atomic E-state index is -0.808. The average Bonchev–Trinajstić information content (AvgIpc) is 2.24. The van der Waals surface area contributed by atoms with Gasteiger partial charge in [0.25, 0.3) is 0 Å². The van der Waals surface area contributed by atoms with Crippen LogP contribution in [0, 0.1) is 6.33 Å². The van der Waals surface area contributed by atoms with Gasteiger partial charge in [0.1, 0.15) is 0 Å². The predicted molar refractivity (Wildman–Crippen MR) is 55.0 cm³/mol. The number of H-pyrrole nitrogens is 1. The quantitative estimate of drug-likeness (QED) is 0.582. The van der Waals surface area contributed by atoms with E-state index in [1.807, 2.05) is 5.10 Å². The summed E-state index contributed by atoms with van der Waals surface area (Å²) in [5.74, 6) is 0. The largest absolute Gasteiger partial charge is 0.336 e. The highest BCUT2D eigenvalue weighted by Gasteiger charge is 2.03. The molecule has 0 aliphatic rings. The molecule has 0 atom stereocenters. The second-order valence-electron chi connectivity index (χ2n) is 3.24. The fourth-order valence-corrected chi connectivity index (χ4v) is 0.936. The fraction of sp³-hybridized carbons (Fsp3) is 0.500. The second-order valence-corrected chi connectivity index (χ2v) is 3.24. The lowest BCUT2D eigenvalue weighted by atomic mass is 10.6. The van der Waals surface area contributed by atoms with Crippen LogP contribution >= 0.6 is 0 Å². The summed E-state index contributed by atoms with van der Waals surface area (Å²) in [4.78, 5) is 34.6. The Morgan fingerprint density at radius 1 is 1.56 bits per heavy atom. The van der Waals surface area contributed by atoms with Gasteiger partial charge in [-0.05, 0) is 0 Å². The van der Waals surface area contributed by atoms with Crippen molar-refractivity contribution in [3.05, 3.63) is 27.0 Å². The zero-order valence-corrected chi connectivity index (χ0v) is 8.98. The maximum atomic E-state index is 11.2. The van der Waals surface area contributed by atoms with Gasteiger partial charge in [-0.2, -0.15) is 5.10 Å². The number of hydrogen-bond donors (Lipinski definition) is 2. The first-order valence-corrected chi connectivity index (χ1v) is 4.54. The van der Waals surface area contributed by atoms with Crippen molar-refractivity contribution in [2.45, 2.75) is 6.54 Å². The predicted octanol–water partition coefficient (Wildman–Crippen LogP) is -2.00. The number of amides is 2. The van der Waals surface area contributed by atoms with Gasteiger partial charge in [-0.1, -0.05) is 0 Å². The van der Waals surface area contributed by atoms with Crippen molar-refractivity contribution in [1.29, 1.82) is 0 Å². The van der Waals surface area contributed by atoms with Gasteiger partial charge in [0.15, 0.2) is 0 Å². The van der Waals surface area contributed by atoms with Gasteiger partial charge in [-0.15, -0.1) is 0 Å². The Labute approximate surface area is 90.9 Å². The molecule has 87 valence electrons. The molecule has 8 heteroatoms. The van der Waals surface area contributed by atoms with Crippen LogP contribution in [0.15, 0.2) is 9.59 Å². The van der Waals surface area contributed by atoms with Crippen LogP contribution in [0.4, 0.5) is 4.79 Å². The van der Waals surface area contributed by atoms with Crippen LogP contribution in [0.5, 0.6) is 0 Å². The molecule has 2 N–H and O–H groups in total. The van der Waals surface area contributed by atoms with Crippen LogP contribution in [-0.2, 0) is 6.54 Å². The molecule has 0 saturated heterocycles. The number of hydrogen-bond acceptors (Lipinski definition) is 4. The van der Waals surface area contributed by atoms with Crippen molar-refractivity contribution in [2.24, 2.45) is 0 Å². The highest BCUT2D eigenvalue weighted by Crippen LogP contribution is 1.77. The third-order valence-electron chi connectivity index (χ3n) is 1.79. The zero-order valence-electron chi connectivity index (χ0n) is 8.98. The molecule has 0 aliphatic heterocycles. The molecule has 0 saturated carbocycles. The average molecular weight is 226 g/mol. The molecular formula is C8H12N5O3. The van der Waals surface area contributed by atoms with Gasteiger partial charge < -0.3 is 10.2 Å². The van der Waals surface area contributed by atoms with E-state index in [0.717, 1.165) is 4.57 Å². The van der Waals surface area contributed by atoms with Crippen molar-refractivity contribution in [3.8, 4) is 0 Å². The van der Waals surface area contributed by atoms with Crippen LogP contribution in [-0.4, -0.2) is 46.3 Å². The summed E-state index contributed by atoms with van der Waals surface area (Å²) in [6, 6.07) is -0.272. The summed E-state index contributed by atoms with van der Waals surface area (Å²) >= 11 is 0. The number of aromatic amines is 1. The molecule has 1 heterocycles. The van der Waals surface area contributed by atoms with E-state index in [1.165, 1.54) is 4.90 Å². The minimum absolute atomic E-state index is 0.148. The molecule has 1 rings (SSSR count). The summed E-state index contributed by atoms with van der Waals surface area (Å²) in [6.07, 6.45) is 2.31. The molecule has 2 amide bonds. The van der Waals surface area contributed by atoms with Crippen molar-refractivity contribution in [2.75, 3.05) is 20.6 Å². The van der Waals surface area contributed by atoms with E-state index >= 15 is 0 Å². The minimum Gasteiger partial charge on any atom is -0.336 e.